The van der Waals surface area contributed by atoms with E-state index in [4.69, 9.17) is 0 Å². The van der Waals surface area contributed by atoms with Crippen molar-refractivity contribution in [3.63, 3.8) is 0 Å². The Morgan fingerprint density at radius 2 is 1.56 bits per heavy atom. The maximum absolute atomic E-state index is 14.1. The first-order chi connectivity index (χ1) is 19.5. The van der Waals surface area contributed by atoms with Crippen molar-refractivity contribution in [2.45, 2.75) is 64.9 Å². The van der Waals surface area contributed by atoms with Crippen molar-refractivity contribution in [1.82, 2.24) is 10.2 Å². The number of nitrogens with one attached hydrogen (secondary N) is 1. The highest BCUT2D eigenvalue weighted by Crippen LogP contribution is 2.28. The third-order valence-corrected chi connectivity index (χ3v) is 8.64. The summed E-state index contributed by atoms with van der Waals surface area (Å²) in [6.45, 7) is 9.48. The van der Waals surface area contributed by atoms with E-state index in [-0.39, 0.29) is 23.3 Å². The summed E-state index contributed by atoms with van der Waals surface area (Å²) in [5, 5.41) is 2.90. The number of para-hydroxylation sites is 1. The molecule has 1 unspecified atom stereocenters. The average molecular weight is 582 g/mol. The molecule has 0 heterocycles. The van der Waals surface area contributed by atoms with Crippen LogP contribution in [0.3, 0.4) is 0 Å². The minimum atomic E-state index is -4.15. The van der Waals surface area contributed by atoms with E-state index in [2.05, 4.69) is 5.32 Å². The maximum atomic E-state index is 14.1. The highest BCUT2D eigenvalue weighted by Gasteiger charge is 2.34. The second-order valence-electron chi connectivity index (χ2n) is 10.5. The largest absolute Gasteiger partial charge is 0.354 e. The Balaban J connectivity index is 2.08. The standard InChI is InChI=1S/C32H40FN3O4S/c1-6-26-10-8-9-11-30(26)36(41(39,40)28-18-12-24(5)13-19-28)22-31(37)35(21-25-14-16-27(33)17-15-25)29(7-2)32(38)34-20-23(3)4/h8-19,23,29H,6-7,20-22H2,1-5H3,(H,34,38). The van der Waals surface area contributed by atoms with Crippen LogP contribution in [-0.2, 0) is 32.6 Å². The molecular formula is C32H40FN3O4S. The molecule has 0 spiro atoms. The lowest BCUT2D eigenvalue weighted by Crippen LogP contribution is -2.52. The minimum Gasteiger partial charge on any atom is -0.354 e. The molecule has 7 nitrogen and oxygen atoms in total. The molecule has 9 heteroatoms. The highest BCUT2D eigenvalue weighted by atomic mass is 32.2. The molecule has 0 saturated heterocycles. The molecule has 1 atom stereocenters. The van der Waals surface area contributed by atoms with Gasteiger partial charge in [0.2, 0.25) is 11.8 Å². The SMILES string of the molecule is CCc1ccccc1N(CC(=O)N(Cc1ccc(F)cc1)C(CC)C(=O)NCC(C)C)S(=O)(=O)c1ccc(C)cc1. The normalized spacial score (nSPS) is 12.2. The number of nitrogens with zero attached hydrogens (tertiary/aromatic N) is 2. The van der Waals surface area contributed by atoms with Crippen LogP contribution in [0.2, 0.25) is 0 Å². The van der Waals surface area contributed by atoms with Crippen LogP contribution in [0.1, 0.15) is 50.8 Å². The molecule has 3 rings (SSSR count). The van der Waals surface area contributed by atoms with E-state index in [9.17, 15) is 22.4 Å². The molecule has 41 heavy (non-hydrogen) atoms. The van der Waals surface area contributed by atoms with E-state index in [0.29, 0.717) is 30.6 Å². The Morgan fingerprint density at radius 1 is 0.927 bits per heavy atom. The summed E-state index contributed by atoms with van der Waals surface area (Å²) in [6, 6.07) is 18.4. The van der Waals surface area contributed by atoms with E-state index < -0.39 is 34.3 Å². The van der Waals surface area contributed by atoms with Gasteiger partial charge in [-0.05, 0) is 67.1 Å². The molecular weight excluding hydrogens is 541 g/mol. The molecule has 0 bridgehead atoms. The second-order valence-corrected chi connectivity index (χ2v) is 12.4. The van der Waals surface area contributed by atoms with Crippen LogP contribution in [0.25, 0.3) is 0 Å². The number of benzene rings is 3. The van der Waals surface area contributed by atoms with E-state index in [1.54, 1.807) is 43.3 Å². The van der Waals surface area contributed by atoms with Crippen molar-refractivity contribution in [3.8, 4) is 0 Å². The summed E-state index contributed by atoms with van der Waals surface area (Å²) in [7, 11) is -4.15. The summed E-state index contributed by atoms with van der Waals surface area (Å²) in [5.41, 5.74) is 2.70. The number of amides is 2. The average Bonchev–Trinajstić information content (AvgIpc) is 2.95. The fourth-order valence-corrected chi connectivity index (χ4v) is 5.98. The van der Waals surface area contributed by atoms with Crippen molar-refractivity contribution >= 4 is 27.5 Å². The summed E-state index contributed by atoms with van der Waals surface area (Å²) < 4.78 is 42.9. The van der Waals surface area contributed by atoms with Crippen molar-refractivity contribution < 1.29 is 22.4 Å². The number of carbonyl (C=O) groups is 2. The molecule has 0 aliphatic carbocycles. The number of rotatable bonds is 13. The Bertz CT molecular complexity index is 1420. The molecule has 1 N–H and O–H groups in total. The van der Waals surface area contributed by atoms with Gasteiger partial charge in [-0.1, -0.05) is 75.7 Å². The molecule has 3 aromatic carbocycles. The number of carbonyl (C=O) groups excluding carboxylic acids is 2. The van der Waals surface area contributed by atoms with Gasteiger partial charge in [0.1, 0.15) is 18.4 Å². The van der Waals surface area contributed by atoms with E-state index in [1.165, 1.54) is 29.2 Å². The van der Waals surface area contributed by atoms with Crippen molar-refractivity contribution in [1.29, 1.82) is 0 Å². The smallest absolute Gasteiger partial charge is 0.264 e. The topological polar surface area (TPSA) is 86.8 Å². The fraction of sp³-hybridized carbons (Fsp3) is 0.375. The molecule has 0 radical (unpaired) electrons. The number of hydrogen-bond donors (Lipinski definition) is 1. The lowest BCUT2D eigenvalue weighted by molar-refractivity contribution is -0.140. The predicted molar refractivity (Wildman–Crippen MR) is 160 cm³/mol. The van der Waals surface area contributed by atoms with Gasteiger partial charge < -0.3 is 10.2 Å². The van der Waals surface area contributed by atoms with Crippen LogP contribution in [0.15, 0.2) is 77.7 Å². The predicted octanol–water partition coefficient (Wildman–Crippen LogP) is 5.47. The second kappa shape index (κ2) is 14.3. The van der Waals surface area contributed by atoms with Gasteiger partial charge in [0.15, 0.2) is 0 Å². The third-order valence-electron chi connectivity index (χ3n) is 6.87. The van der Waals surface area contributed by atoms with Gasteiger partial charge in [0.05, 0.1) is 10.6 Å². The first kappa shape index (κ1) is 31.8. The Morgan fingerprint density at radius 3 is 2.15 bits per heavy atom. The summed E-state index contributed by atoms with van der Waals surface area (Å²) in [5.74, 6) is -1.07. The zero-order chi connectivity index (χ0) is 30.2. The number of anilines is 1. The van der Waals surface area contributed by atoms with Gasteiger partial charge in [-0.2, -0.15) is 0 Å². The maximum Gasteiger partial charge on any atom is 0.264 e. The first-order valence-electron chi connectivity index (χ1n) is 14.0. The van der Waals surface area contributed by atoms with E-state index in [1.807, 2.05) is 39.8 Å². The number of sulfonamides is 1. The van der Waals surface area contributed by atoms with E-state index >= 15 is 0 Å². The van der Waals surface area contributed by atoms with Crippen molar-refractivity contribution in [2.75, 3.05) is 17.4 Å². The lowest BCUT2D eigenvalue weighted by atomic mass is 10.1. The molecule has 0 aliphatic heterocycles. The Hall–Kier alpha value is -3.72. The van der Waals surface area contributed by atoms with E-state index in [0.717, 1.165) is 15.4 Å². The van der Waals surface area contributed by atoms with Crippen LogP contribution < -0.4 is 9.62 Å². The summed E-state index contributed by atoms with van der Waals surface area (Å²) >= 11 is 0. The zero-order valence-corrected chi connectivity index (χ0v) is 25.2. The quantitative estimate of drug-likeness (QED) is 0.290. The number of halogens is 1. The van der Waals surface area contributed by atoms with Gasteiger partial charge in [0, 0.05) is 13.1 Å². The number of aryl methyl sites for hydroxylation is 2. The van der Waals surface area contributed by atoms with Crippen molar-refractivity contribution in [2.24, 2.45) is 5.92 Å². The van der Waals surface area contributed by atoms with Crippen LogP contribution in [0, 0.1) is 18.7 Å². The van der Waals surface area contributed by atoms with Crippen LogP contribution in [0.4, 0.5) is 10.1 Å². The van der Waals surface area contributed by atoms with Crippen LogP contribution in [0.5, 0.6) is 0 Å². The highest BCUT2D eigenvalue weighted by molar-refractivity contribution is 7.92. The number of hydrogen-bond acceptors (Lipinski definition) is 4. The molecule has 0 saturated carbocycles. The molecule has 2 amide bonds. The molecule has 220 valence electrons. The minimum absolute atomic E-state index is 0.0144. The van der Waals surface area contributed by atoms with Gasteiger partial charge in [0.25, 0.3) is 10.0 Å². The van der Waals surface area contributed by atoms with Gasteiger partial charge in [-0.25, -0.2) is 12.8 Å². The van der Waals surface area contributed by atoms with Gasteiger partial charge in [-0.3, -0.25) is 13.9 Å². The third kappa shape index (κ3) is 8.16. The van der Waals surface area contributed by atoms with Crippen LogP contribution in [-0.4, -0.2) is 44.3 Å². The summed E-state index contributed by atoms with van der Waals surface area (Å²) in [6.07, 6.45) is 0.867. The van der Waals surface area contributed by atoms with Crippen molar-refractivity contribution in [3.05, 3.63) is 95.3 Å². The Kier molecular flexibility index (Phi) is 11.1. The summed E-state index contributed by atoms with van der Waals surface area (Å²) in [4.78, 5) is 28.9. The molecule has 0 aromatic heterocycles. The molecule has 0 fully saturated rings. The zero-order valence-electron chi connectivity index (χ0n) is 24.4. The first-order valence-corrected chi connectivity index (χ1v) is 15.4. The van der Waals surface area contributed by atoms with Gasteiger partial charge in [-0.15, -0.1) is 0 Å². The lowest BCUT2D eigenvalue weighted by Gasteiger charge is -2.33. The van der Waals surface area contributed by atoms with Gasteiger partial charge >= 0.3 is 0 Å². The molecule has 3 aromatic rings. The van der Waals surface area contributed by atoms with Crippen LogP contribution >= 0.6 is 0 Å². The Labute approximate surface area is 243 Å². The molecule has 0 aliphatic rings. The monoisotopic (exact) mass is 581 g/mol. The fourth-order valence-electron chi connectivity index (χ4n) is 4.53.